The van der Waals surface area contributed by atoms with Gasteiger partial charge in [0, 0.05) is 6.54 Å². The van der Waals surface area contributed by atoms with E-state index in [0.29, 0.717) is 0 Å². The molecule has 1 saturated heterocycles. The van der Waals surface area contributed by atoms with Crippen molar-refractivity contribution < 1.29 is 0 Å². The van der Waals surface area contributed by atoms with Crippen LogP contribution in [-0.2, 0) is 0 Å². The SMILES string of the molecule is SCCCCCCCCCN1CCC(c2ccccc2)C1. The van der Waals surface area contributed by atoms with E-state index in [0.717, 1.165) is 11.7 Å². The van der Waals surface area contributed by atoms with Crippen LogP contribution in [0.2, 0.25) is 0 Å². The number of hydrogen-bond donors (Lipinski definition) is 1. The molecule has 1 unspecified atom stereocenters. The van der Waals surface area contributed by atoms with Gasteiger partial charge in [0.15, 0.2) is 0 Å². The molecule has 0 N–H and O–H groups in total. The Morgan fingerprint density at radius 3 is 2.29 bits per heavy atom. The van der Waals surface area contributed by atoms with E-state index in [-0.39, 0.29) is 0 Å². The van der Waals surface area contributed by atoms with E-state index in [1.54, 1.807) is 0 Å². The summed E-state index contributed by atoms with van der Waals surface area (Å²) < 4.78 is 0. The summed E-state index contributed by atoms with van der Waals surface area (Å²) in [4.78, 5) is 2.67. The standard InChI is InChI=1S/C19H31NS/c21-16-10-5-3-1-2-4-9-14-20-15-13-19(17-20)18-11-7-6-8-12-18/h6-8,11-12,19,21H,1-5,9-10,13-17H2. The Morgan fingerprint density at radius 2 is 1.57 bits per heavy atom. The number of thiol groups is 1. The molecule has 118 valence electrons. The zero-order valence-electron chi connectivity index (χ0n) is 13.3. The number of hydrogen-bond acceptors (Lipinski definition) is 2. The van der Waals surface area contributed by atoms with E-state index in [1.165, 1.54) is 76.6 Å². The molecule has 0 bridgehead atoms. The first kappa shape index (κ1) is 16.9. The molecule has 1 aliphatic rings. The molecule has 0 radical (unpaired) electrons. The van der Waals surface area contributed by atoms with Gasteiger partial charge in [-0.3, -0.25) is 0 Å². The maximum atomic E-state index is 4.26. The first-order chi connectivity index (χ1) is 10.4. The first-order valence-corrected chi connectivity index (χ1v) is 9.41. The second-order valence-electron chi connectivity index (χ2n) is 6.40. The lowest BCUT2D eigenvalue weighted by Gasteiger charge is -2.16. The van der Waals surface area contributed by atoms with Crippen LogP contribution in [0.15, 0.2) is 30.3 Å². The third kappa shape index (κ3) is 6.44. The highest BCUT2D eigenvalue weighted by Gasteiger charge is 2.22. The van der Waals surface area contributed by atoms with Gasteiger partial charge in [0.1, 0.15) is 0 Å². The fourth-order valence-corrected chi connectivity index (χ4v) is 3.59. The van der Waals surface area contributed by atoms with Crippen LogP contribution in [-0.4, -0.2) is 30.3 Å². The fourth-order valence-electron chi connectivity index (χ4n) is 3.36. The summed E-state index contributed by atoms with van der Waals surface area (Å²) in [5.74, 6) is 1.82. The van der Waals surface area contributed by atoms with Crippen molar-refractivity contribution in [2.24, 2.45) is 0 Å². The van der Waals surface area contributed by atoms with Gasteiger partial charge in [-0.05, 0) is 49.6 Å². The zero-order valence-corrected chi connectivity index (χ0v) is 14.2. The van der Waals surface area contributed by atoms with Gasteiger partial charge in [-0.1, -0.05) is 62.4 Å². The Kier molecular flexibility index (Phi) is 8.28. The summed E-state index contributed by atoms with van der Waals surface area (Å²) >= 11 is 4.26. The molecule has 0 aliphatic carbocycles. The average Bonchev–Trinajstić information content (AvgIpc) is 3.00. The van der Waals surface area contributed by atoms with Crippen molar-refractivity contribution >= 4 is 12.6 Å². The van der Waals surface area contributed by atoms with Crippen molar-refractivity contribution in [1.29, 1.82) is 0 Å². The lowest BCUT2D eigenvalue weighted by Crippen LogP contribution is -2.21. The lowest BCUT2D eigenvalue weighted by molar-refractivity contribution is 0.323. The van der Waals surface area contributed by atoms with Crippen molar-refractivity contribution in [3.63, 3.8) is 0 Å². The van der Waals surface area contributed by atoms with Gasteiger partial charge < -0.3 is 4.90 Å². The quantitative estimate of drug-likeness (QED) is 0.463. The van der Waals surface area contributed by atoms with Gasteiger partial charge in [0.25, 0.3) is 0 Å². The molecule has 1 atom stereocenters. The second-order valence-corrected chi connectivity index (χ2v) is 6.84. The highest BCUT2D eigenvalue weighted by molar-refractivity contribution is 7.80. The summed E-state index contributed by atoms with van der Waals surface area (Å²) in [5.41, 5.74) is 1.53. The summed E-state index contributed by atoms with van der Waals surface area (Å²) in [5, 5.41) is 0. The minimum atomic E-state index is 0.771. The maximum Gasteiger partial charge on any atom is 0.00507 e. The van der Waals surface area contributed by atoms with Gasteiger partial charge >= 0.3 is 0 Å². The predicted octanol–water partition coefficient (Wildman–Crippen LogP) is 5.14. The molecule has 0 aromatic heterocycles. The fraction of sp³-hybridized carbons (Fsp3) is 0.684. The van der Waals surface area contributed by atoms with Crippen LogP contribution in [0, 0.1) is 0 Å². The Hall–Kier alpha value is -0.470. The molecule has 1 fully saturated rings. The average molecular weight is 306 g/mol. The van der Waals surface area contributed by atoms with Crippen molar-refractivity contribution in [3.05, 3.63) is 35.9 Å². The number of likely N-dealkylation sites (tertiary alicyclic amines) is 1. The molecule has 21 heavy (non-hydrogen) atoms. The lowest BCUT2D eigenvalue weighted by atomic mass is 9.99. The third-order valence-electron chi connectivity index (χ3n) is 4.68. The Balaban J connectivity index is 1.51. The highest BCUT2D eigenvalue weighted by Crippen LogP contribution is 2.27. The molecule has 1 heterocycles. The molecule has 1 nitrogen and oxygen atoms in total. The molecule has 0 saturated carbocycles. The monoisotopic (exact) mass is 305 g/mol. The molecule has 0 amide bonds. The molecule has 0 spiro atoms. The van der Waals surface area contributed by atoms with Crippen molar-refractivity contribution in [3.8, 4) is 0 Å². The van der Waals surface area contributed by atoms with Gasteiger partial charge in [-0.2, -0.15) is 12.6 Å². The van der Waals surface area contributed by atoms with Crippen LogP contribution in [0.25, 0.3) is 0 Å². The summed E-state index contributed by atoms with van der Waals surface area (Å²) in [7, 11) is 0. The molecule has 1 aliphatic heterocycles. The number of nitrogens with zero attached hydrogens (tertiary/aromatic N) is 1. The van der Waals surface area contributed by atoms with Crippen molar-refractivity contribution in [1.82, 2.24) is 4.90 Å². The van der Waals surface area contributed by atoms with Crippen LogP contribution >= 0.6 is 12.6 Å². The van der Waals surface area contributed by atoms with Gasteiger partial charge in [-0.25, -0.2) is 0 Å². The van der Waals surface area contributed by atoms with Crippen molar-refractivity contribution in [2.45, 2.75) is 57.3 Å². The van der Waals surface area contributed by atoms with Crippen molar-refractivity contribution in [2.75, 3.05) is 25.4 Å². The van der Waals surface area contributed by atoms with E-state index in [9.17, 15) is 0 Å². The number of benzene rings is 1. The number of unbranched alkanes of at least 4 members (excludes halogenated alkanes) is 6. The zero-order chi connectivity index (χ0) is 14.8. The summed E-state index contributed by atoms with van der Waals surface area (Å²) in [6, 6.07) is 11.0. The van der Waals surface area contributed by atoms with E-state index in [4.69, 9.17) is 0 Å². The van der Waals surface area contributed by atoms with Gasteiger partial charge in [-0.15, -0.1) is 0 Å². The van der Waals surface area contributed by atoms with E-state index < -0.39 is 0 Å². The van der Waals surface area contributed by atoms with Gasteiger partial charge in [0.2, 0.25) is 0 Å². The largest absolute Gasteiger partial charge is 0.303 e. The minimum Gasteiger partial charge on any atom is -0.303 e. The molecular weight excluding hydrogens is 274 g/mol. The van der Waals surface area contributed by atoms with Gasteiger partial charge in [0.05, 0.1) is 0 Å². The molecule has 1 aromatic carbocycles. The Labute approximate surface area is 136 Å². The van der Waals surface area contributed by atoms with E-state index >= 15 is 0 Å². The molecular formula is C19H31NS. The maximum absolute atomic E-state index is 4.26. The summed E-state index contributed by atoms with van der Waals surface area (Å²) in [6.07, 6.45) is 11.0. The van der Waals surface area contributed by atoms with E-state index in [1.807, 2.05) is 0 Å². The van der Waals surface area contributed by atoms with Crippen LogP contribution in [0.4, 0.5) is 0 Å². The highest BCUT2D eigenvalue weighted by atomic mass is 32.1. The van der Waals surface area contributed by atoms with E-state index in [2.05, 4.69) is 47.9 Å². The topological polar surface area (TPSA) is 3.24 Å². The normalized spacial score (nSPS) is 19.2. The summed E-state index contributed by atoms with van der Waals surface area (Å²) in [6.45, 7) is 3.87. The molecule has 1 aromatic rings. The Bertz CT molecular complexity index is 365. The molecule has 2 rings (SSSR count). The third-order valence-corrected chi connectivity index (χ3v) is 4.99. The smallest absolute Gasteiger partial charge is 0.00507 e. The van der Waals surface area contributed by atoms with Crippen LogP contribution < -0.4 is 0 Å². The second kappa shape index (κ2) is 10.3. The predicted molar refractivity (Wildman–Crippen MR) is 96.4 cm³/mol. The van der Waals surface area contributed by atoms with Crippen LogP contribution in [0.5, 0.6) is 0 Å². The Morgan fingerprint density at radius 1 is 0.905 bits per heavy atom. The minimum absolute atomic E-state index is 0.771. The van der Waals surface area contributed by atoms with Crippen LogP contribution in [0.1, 0.15) is 62.8 Å². The number of rotatable bonds is 10. The molecule has 2 heteroatoms. The van der Waals surface area contributed by atoms with Crippen LogP contribution in [0.3, 0.4) is 0 Å². The first-order valence-electron chi connectivity index (χ1n) is 8.78.